The maximum Gasteiger partial charge on any atom is 0.329 e. The molecule has 0 spiro atoms. The Morgan fingerprint density at radius 2 is 1.85 bits per heavy atom. The molecule has 9 heteroatoms. The van der Waals surface area contributed by atoms with E-state index < -0.39 is 11.8 Å². The van der Waals surface area contributed by atoms with E-state index in [4.69, 9.17) is 14.2 Å². The van der Waals surface area contributed by atoms with Crippen LogP contribution in [-0.2, 0) is 20.9 Å². The maximum atomic E-state index is 11.9. The zero-order valence-electron chi connectivity index (χ0n) is 18.8. The number of amides is 2. The molecule has 0 unspecified atom stereocenters. The number of morpholine rings is 1. The summed E-state index contributed by atoms with van der Waals surface area (Å²) in [5.74, 6) is 0.00903. The monoisotopic (exact) mass is 454 g/mol. The average Bonchev–Trinajstić information content (AvgIpc) is 2.86. The van der Waals surface area contributed by atoms with Crippen molar-refractivity contribution in [2.45, 2.75) is 13.0 Å². The Morgan fingerprint density at radius 1 is 1.09 bits per heavy atom. The minimum absolute atomic E-state index is 0.382. The van der Waals surface area contributed by atoms with Crippen molar-refractivity contribution in [3.8, 4) is 11.5 Å². The molecule has 3 rings (SSSR count). The normalized spacial score (nSPS) is 14.1. The number of nitrogens with one attached hydrogen (secondary N) is 2. The average molecular weight is 455 g/mol. The van der Waals surface area contributed by atoms with Crippen molar-refractivity contribution in [1.82, 2.24) is 15.6 Å². The van der Waals surface area contributed by atoms with Gasteiger partial charge in [-0.2, -0.15) is 5.10 Å². The third-order valence-electron chi connectivity index (χ3n) is 5.04. The lowest BCUT2D eigenvalue weighted by atomic mass is 10.1. The molecule has 1 saturated heterocycles. The lowest BCUT2D eigenvalue weighted by Crippen LogP contribution is -2.40. The predicted molar refractivity (Wildman–Crippen MR) is 124 cm³/mol. The molecule has 176 valence electrons. The highest BCUT2D eigenvalue weighted by Crippen LogP contribution is 2.18. The molecule has 0 aliphatic carbocycles. The number of hydrogen-bond donors (Lipinski definition) is 2. The molecule has 9 nitrogen and oxygen atoms in total. The number of ether oxygens (including phenoxy) is 3. The van der Waals surface area contributed by atoms with Crippen LogP contribution in [0.2, 0.25) is 0 Å². The molecule has 1 aliphatic rings. The van der Waals surface area contributed by atoms with Crippen LogP contribution < -0.4 is 20.2 Å². The summed E-state index contributed by atoms with van der Waals surface area (Å²) in [6.45, 7) is 4.96. The van der Waals surface area contributed by atoms with Gasteiger partial charge < -0.3 is 19.5 Å². The number of hydrogen-bond acceptors (Lipinski definition) is 7. The van der Waals surface area contributed by atoms with E-state index in [-0.39, 0.29) is 0 Å². The first-order valence-electron chi connectivity index (χ1n) is 10.9. The number of hydrazone groups is 1. The molecule has 2 aromatic carbocycles. The quantitative estimate of drug-likeness (QED) is 0.245. The fourth-order valence-electron chi connectivity index (χ4n) is 3.23. The number of carbonyl (C=O) groups excluding carboxylic acids is 2. The summed E-state index contributed by atoms with van der Waals surface area (Å²) in [7, 11) is 1.62. The van der Waals surface area contributed by atoms with Crippen molar-refractivity contribution in [1.29, 1.82) is 0 Å². The lowest BCUT2D eigenvalue weighted by Gasteiger charge is -2.26. The van der Waals surface area contributed by atoms with Gasteiger partial charge in [-0.25, -0.2) is 5.43 Å². The second-order valence-corrected chi connectivity index (χ2v) is 7.47. The summed E-state index contributed by atoms with van der Waals surface area (Å²) in [5.41, 5.74) is 3.98. The second kappa shape index (κ2) is 13.2. The molecular formula is C24H30N4O5. The molecule has 2 aromatic rings. The first kappa shape index (κ1) is 24.2. The van der Waals surface area contributed by atoms with Crippen molar-refractivity contribution in [3.63, 3.8) is 0 Å². The third-order valence-corrected chi connectivity index (χ3v) is 5.04. The molecular weight excluding hydrogens is 424 g/mol. The Bertz CT molecular complexity index is 927. The van der Waals surface area contributed by atoms with Crippen LogP contribution in [0.25, 0.3) is 0 Å². The van der Waals surface area contributed by atoms with E-state index in [1.165, 1.54) is 6.21 Å². The van der Waals surface area contributed by atoms with Crippen LogP contribution >= 0.6 is 0 Å². The number of nitrogens with zero attached hydrogens (tertiary/aromatic N) is 2. The highest BCUT2D eigenvalue weighted by atomic mass is 16.5. The van der Waals surface area contributed by atoms with Crippen LogP contribution in [0.5, 0.6) is 11.5 Å². The molecule has 1 fully saturated rings. The fraction of sp³-hybridized carbons (Fsp3) is 0.375. The SMILES string of the molecule is COc1ccc(OCc2cccc(/C=N/NC(=O)C(=O)NCCCN3CCOCC3)c2)cc1. The highest BCUT2D eigenvalue weighted by Gasteiger charge is 2.13. The van der Waals surface area contributed by atoms with Crippen molar-refractivity contribution in [2.75, 3.05) is 46.5 Å². The number of methoxy groups -OCH3 is 1. The molecule has 1 aliphatic heterocycles. The second-order valence-electron chi connectivity index (χ2n) is 7.47. The fourth-order valence-corrected chi connectivity index (χ4v) is 3.23. The summed E-state index contributed by atoms with van der Waals surface area (Å²) in [4.78, 5) is 26.1. The molecule has 2 N–H and O–H groups in total. The Balaban J connectivity index is 1.37. The largest absolute Gasteiger partial charge is 0.497 e. The molecule has 0 radical (unpaired) electrons. The number of rotatable bonds is 10. The van der Waals surface area contributed by atoms with Crippen LogP contribution in [-0.4, -0.2) is 69.4 Å². The van der Waals surface area contributed by atoms with Gasteiger partial charge in [0.25, 0.3) is 0 Å². The standard InChI is InChI=1S/C24H30N4O5/c1-31-21-6-8-22(9-7-21)33-18-20-5-2-4-19(16-20)17-26-27-24(30)23(29)25-10-3-11-28-12-14-32-15-13-28/h2,4-9,16-17H,3,10-15,18H2,1H3,(H,25,29)(H,27,30)/b26-17+. The first-order valence-corrected chi connectivity index (χ1v) is 10.9. The van der Waals surface area contributed by atoms with Gasteiger partial charge in [0.05, 0.1) is 26.5 Å². The minimum atomic E-state index is -0.795. The van der Waals surface area contributed by atoms with E-state index in [0.29, 0.717) is 13.2 Å². The van der Waals surface area contributed by atoms with Crippen LogP contribution in [0, 0.1) is 0 Å². The lowest BCUT2D eigenvalue weighted by molar-refractivity contribution is -0.139. The predicted octanol–water partition coefficient (Wildman–Crippen LogP) is 1.56. The van der Waals surface area contributed by atoms with Gasteiger partial charge in [0, 0.05) is 19.6 Å². The molecule has 0 saturated carbocycles. The van der Waals surface area contributed by atoms with Gasteiger partial charge in [-0.1, -0.05) is 18.2 Å². The maximum absolute atomic E-state index is 11.9. The molecule has 1 heterocycles. The highest BCUT2D eigenvalue weighted by molar-refractivity contribution is 6.35. The van der Waals surface area contributed by atoms with E-state index in [0.717, 1.165) is 61.9 Å². The van der Waals surface area contributed by atoms with Crippen LogP contribution in [0.15, 0.2) is 53.6 Å². The molecule has 0 aromatic heterocycles. The summed E-state index contributed by atoms with van der Waals surface area (Å²) >= 11 is 0. The van der Waals surface area contributed by atoms with Crippen molar-refractivity contribution in [2.24, 2.45) is 5.10 Å². The van der Waals surface area contributed by atoms with Crippen LogP contribution in [0.3, 0.4) is 0 Å². The van der Waals surface area contributed by atoms with Crippen molar-refractivity contribution in [3.05, 3.63) is 59.7 Å². The van der Waals surface area contributed by atoms with E-state index in [1.807, 2.05) is 48.5 Å². The smallest absolute Gasteiger partial charge is 0.329 e. The Hall–Kier alpha value is -3.43. The summed E-state index contributed by atoms with van der Waals surface area (Å²) in [6, 6.07) is 14.9. The van der Waals surface area contributed by atoms with Gasteiger partial charge in [0.15, 0.2) is 0 Å². The Kier molecular flexibility index (Phi) is 9.68. The van der Waals surface area contributed by atoms with Crippen molar-refractivity contribution < 1.29 is 23.8 Å². The molecule has 0 bridgehead atoms. The summed E-state index contributed by atoms with van der Waals surface area (Å²) in [6.07, 6.45) is 2.26. The van der Waals surface area contributed by atoms with E-state index in [9.17, 15) is 9.59 Å². The zero-order chi connectivity index (χ0) is 23.3. The Labute approximate surface area is 193 Å². The molecule has 0 atom stereocenters. The molecule has 33 heavy (non-hydrogen) atoms. The van der Waals surface area contributed by atoms with Gasteiger partial charge in [-0.05, 0) is 54.4 Å². The van der Waals surface area contributed by atoms with E-state index in [1.54, 1.807) is 7.11 Å². The van der Waals surface area contributed by atoms with E-state index in [2.05, 4.69) is 20.7 Å². The van der Waals surface area contributed by atoms with Crippen LogP contribution in [0.4, 0.5) is 0 Å². The van der Waals surface area contributed by atoms with Gasteiger partial charge in [-0.15, -0.1) is 0 Å². The van der Waals surface area contributed by atoms with Gasteiger partial charge in [0.1, 0.15) is 18.1 Å². The summed E-state index contributed by atoms with van der Waals surface area (Å²) in [5, 5.41) is 6.49. The summed E-state index contributed by atoms with van der Waals surface area (Å²) < 4.78 is 16.2. The van der Waals surface area contributed by atoms with Gasteiger partial charge in [0.2, 0.25) is 0 Å². The van der Waals surface area contributed by atoms with Crippen molar-refractivity contribution >= 4 is 18.0 Å². The van der Waals surface area contributed by atoms with E-state index >= 15 is 0 Å². The number of benzene rings is 2. The number of carbonyl (C=O) groups is 2. The van der Waals surface area contributed by atoms with Gasteiger partial charge in [-0.3, -0.25) is 14.5 Å². The molecule has 2 amide bonds. The zero-order valence-corrected chi connectivity index (χ0v) is 18.8. The Morgan fingerprint density at radius 3 is 2.61 bits per heavy atom. The van der Waals surface area contributed by atoms with Gasteiger partial charge >= 0.3 is 11.8 Å². The van der Waals surface area contributed by atoms with Crippen LogP contribution in [0.1, 0.15) is 17.5 Å². The topological polar surface area (TPSA) is 101 Å². The third kappa shape index (κ3) is 8.55. The first-order chi connectivity index (χ1) is 16.1. The minimum Gasteiger partial charge on any atom is -0.497 e.